The minimum Gasteiger partial charge on any atom is -0.390 e. The molecule has 5 heteroatoms. The van der Waals surface area contributed by atoms with Gasteiger partial charge in [0.1, 0.15) is 5.69 Å². The van der Waals surface area contributed by atoms with Crippen molar-refractivity contribution in [3.63, 3.8) is 0 Å². The highest BCUT2D eigenvalue weighted by molar-refractivity contribution is 14.1. The van der Waals surface area contributed by atoms with Crippen LogP contribution in [-0.2, 0) is 6.61 Å². The lowest BCUT2D eigenvalue weighted by Crippen LogP contribution is -1.89. The molecule has 2 rings (SSSR count). The maximum absolute atomic E-state index is 8.87. The maximum atomic E-state index is 8.87. The largest absolute Gasteiger partial charge is 0.390 e. The van der Waals surface area contributed by atoms with Gasteiger partial charge in [0.2, 0.25) is 0 Å². The predicted molar refractivity (Wildman–Crippen MR) is 60.5 cm³/mol. The Labute approximate surface area is 94.6 Å². The molecule has 0 aliphatic carbocycles. The van der Waals surface area contributed by atoms with Crippen LogP contribution in [0.25, 0.3) is 11.5 Å². The van der Waals surface area contributed by atoms with E-state index in [1.807, 2.05) is 12.1 Å². The fraction of sp³-hybridized carbons (Fsp3) is 0.111. The van der Waals surface area contributed by atoms with Crippen LogP contribution >= 0.6 is 22.6 Å². The van der Waals surface area contributed by atoms with E-state index in [0.29, 0.717) is 11.5 Å². The van der Waals surface area contributed by atoms with Gasteiger partial charge >= 0.3 is 0 Å². The molecule has 0 unspecified atom stereocenters. The summed E-state index contributed by atoms with van der Waals surface area (Å²) in [5.74, 6) is 0.694. The lowest BCUT2D eigenvalue weighted by Gasteiger charge is -1.97. The van der Waals surface area contributed by atoms with Crippen molar-refractivity contribution in [3.8, 4) is 11.5 Å². The number of nitrogens with one attached hydrogen (secondary N) is 1. The number of aromatic amines is 1. The van der Waals surface area contributed by atoms with Crippen LogP contribution in [-0.4, -0.2) is 20.1 Å². The number of aromatic nitrogens is 3. The summed E-state index contributed by atoms with van der Waals surface area (Å²) in [5.41, 5.74) is 1.51. The monoisotopic (exact) mass is 301 g/mol. The number of halogens is 1. The van der Waals surface area contributed by atoms with Gasteiger partial charge in [0, 0.05) is 9.77 Å². The SMILES string of the molecule is OCc1cnc(-c2ncccc2I)[nH]1. The van der Waals surface area contributed by atoms with Crippen LogP contribution in [0.3, 0.4) is 0 Å². The van der Waals surface area contributed by atoms with Crippen molar-refractivity contribution in [2.75, 3.05) is 0 Å². The standard InChI is InChI=1S/C9H8IN3O/c10-7-2-1-3-11-8(7)9-12-4-6(5-14)13-9/h1-4,14H,5H2,(H,12,13). The van der Waals surface area contributed by atoms with Crippen LogP contribution < -0.4 is 0 Å². The van der Waals surface area contributed by atoms with Crippen LogP contribution in [0.15, 0.2) is 24.5 Å². The molecule has 0 aliphatic heterocycles. The van der Waals surface area contributed by atoms with E-state index in [4.69, 9.17) is 5.11 Å². The molecule has 2 heterocycles. The average molecular weight is 301 g/mol. The quantitative estimate of drug-likeness (QED) is 0.828. The summed E-state index contributed by atoms with van der Waals surface area (Å²) in [6, 6.07) is 3.84. The molecule has 2 aromatic rings. The number of hydrogen-bond acceptors (Lipinski definition) is 3. The second-order valence-corrected chi connectivity index (χ2v) is 3.91. The molecule has 0 atom stereocenters. The van der Waals surface area contributed by atoms with Gasteiger partial charge in [-0.3, -0.25) is 4.98 Å². The number of hydrogen-bond donors (Lipinski definition) is 2. The zero-order valence-electron chi connectivity index (χ0n) is 7.24. The Kier molecular flexibility index (Phi) is 2.78. The van der Waals surface area contributed by atoms with Crippen molar-refractivity contribution in [1.82, 2.24) is 15.0 Å². The van der Waals surface area contributed by atoms with E-state index in [0.717, 1.165) is 9.26 Å². The van der Waals surface area contributed by atoms with Crippen molar-refractivity contribution >= 4 is 22.6 Å². The van der Waals surface area contributed by atoms with Gasteiger partial charge < -0.3 is 10.1 Å². The topological polar surface area (TPSA) is 61.8 Å². The first-order valence-electron chi connectivity index (χ1n) is 4.07. The second-order valence-electron chi connectivity index (χ2n) is 2.75. The van der Waals surface area contributed by atoms with Gasteiger partial charge in [-0.1, -0.05) is 0 Å². The molecule has 0 spiro atoms. The zero-order valence-corrected chi connectivity index (χ0v) is 9.39. The number of aliphatic hydroxyl groups is 1. The molecule has 0 saturated carbocycles. The minimum absolute atomic E-state index is 0.0313. The Morgan fingerprint density at radius 2 is 2.29 bits per heavy atom. The van der Waals surface area contributed by atoms with Gasteiger partial charge in [-0.15, -0.1) is 0 Å². The van der Waals surface area contributed by atoms with Gasteiger partial charge in [-0.2, -0.15) is 0 Å². The summed E-state index contributed by atoms with van der Waals surface area (Å²) in [7, 11) is 0. The van der Waals surface area contributed by atoms with E-state index in [1.165, 1.54) is 0 Å². The number of imidazole rings is 1. The first-order chi connectivity index (χ1) is 6.81. The number of aliphatic hydroxyl groups excluding tert-OH is 1. The Hall–Kier alpha value is -0.950. The molecular formula is C9H8IN3O. The van der Waals surface area contributed by atoms with E-state index in [1.54, 1.807) is 12.4 Å². The van der Waals surface area contributed by atoms with E-state index < -0.39 is 0 Å². The average Bonchev–Trinajstić information content (AvgIpc) is 2.67. The molecule has 0 aliphatic rings. The second kappa shape index (κ2) is 4.05. The molecule has 0 aromatic carbocycles. The summed E-state index contributed by atoms with van der Waals surface area (Å²) >= 11 is 2.20. The van der Waals surface area contributed by atoms with E-state index in [9.17, 15) is 0 Å². The van der Waals surface area contributed by atoms with E-state index in [-0.39, 0.29) is 6.61 Å². The van der Waals surface area contributed by atoms with Gasteiger partial charge in [-0.05, 0) is 34.7 Å². The van der Waals surface area contributed by atoms with Crippen molar-refractivity contribution in [2.45, 2.75) is 6.61 Å². The summed E-state index contributed by atoms with van der Waals surface area (Å²) in [5, 5.41) is 8.87. The fourth-order valence-corrected chi connectivity index (χ4v) is 1.72. The third-order valence-electron chi connectivity index (χ3n) is 1.78. The van der Waals surface area contributed by atoms with Gasteiger partial charge in [0.25, 0.3) is 0 Å². The van der Waals surface area contributed by atoms with Crippen molar-refractivity contribution in [1.29, 1.82) is 0 Å². The van der Waals surface area contributed by atoms with Crippen LogP contribution in [0.1, 0.15) is 5.69 Å². The van der Waals surface area contributed by atoms with Crippen LogP contribution in [0, 0.1) is 3.57 Å². The Morgan fingerprint density at radius 3 is 2.93 bits per heavy atom. The third-order valence-corrected chi connectivity index (χ3v) is 2.65. The molecule has 0 saturated heterocycles. The molecule has 4 nitrogen and oxygen atoms in total. The molecule has 14 heavy (non-hydrogen) atoms. The summed E-state index contributed by atoms with van der Waals surface area (Å²) < 4.78 is 1.03. The van der Waals surface area contributed by atoms with Gasteiger partial charge in [0.05, 0.1) is 18.5 Å². The molecule has 0 fully saturated rings. The summed E-state index contributed by atoms with van der Waals surface area (Å²) in [6.45, 7) is -0.0313. The first kappa shape index (κ1) is 9.60. The lowest BCUT2D eigenvalue weighted by molar-refractivity contribution is 0.277. The van der Waals surface area contributed by atoms with Gasteiger partial charge in [-0.25, -0.2) is 4.98 Å². The number of H-pyrrole nitrogens is 1. The van der Waals surface area contributed by atoms with Crippen LogP contribution in [0.4, 0.5) is 0 Å². The minimum atomic E-state index is -0.0313. The fourth-order valence-electron chi connectivity index (χ4n) is 1.12. The summed E-state index contributed by atoms with van der Waals surface area (Å²) in [6.07, 6.45) is 3.33. The molecule has 0 amide bonds. The highest BCUT2D eigenvalue weighted by Crippen LogP contribution is 2.19. The maximum Gasteiger partial charge on any atom is 0.157 e. The van der Waals surface area contributed by atoms with Crippen molar-refractivity contribution < 1.29 is 5.11 Å². The van der Waals surface area contributed by atoms with Crippen LogP contribution in [0.5, 0.6) is 0 Å². The van der Waals surface area contributed by atoms with Crippen LogP contribution in [0.2, 0.25) is 0 Å². The molecule has 0 radical (unpaired) electrons. The third kappa shape index (κ3) is 1.78. The van der Waals surface area contributed by atoms with Gasteiger partial charge in [0.15, 0.2) is 5.82 Å². The Bertz CT molecular complexity index is 441. The number of rotatable bonds is 2. The highest BCUT2D eigenvalue weighted by Gasteiger charge is 2.07. The van der Waals surface area contributed by atoms with Crippen molar-refractivity contribution in [2.24, 2.45) is 0 Å². The predicted octanol–water partition coefficient (Wildman–Crippen LogP) is 1.57. The number of nitrogens with zero attached hydrogens (tertiary/aromatic N) is 2. The molecule has 2 N–H and O–H groups in total. The first-order valence-corrected chi connectivity index (χ1v) is 5.15. The Morgan fingerprint density at radius 1 is 1.43 bits per heavy atom. The highest BCUT2D eigenvalue weighted by atomic mass is 127. The lowest BCUT2D eigenvalue weighted by atomic mass is 10.3. The molecule has 2 aromatic heterocycles. The normalized spacial score (nSPS) is 10.4. The summed E-state index contributed by atoms with van der Waals surface area (Å²) in [4.78, 5) is 11.3. The molecule has 0 bridgehead atoms. The zero-order chi connectivity index (χ0) is 9.97. The molecular weight excluding hydrogens is 293 g/mol. The van der Waals surface area contributed by atoms with E-state index >= 15 is 0 Å². The van der Waals surface area contributed by atoms with E-state index in [2.05, 4.69) is 37.5 Å². The Balaban J connectivity index is 2.44. The molecule has 72 valence electrons. The number of pyridine rings is 1. The smallest absolute Gasteiger partial charge is 0.157 e. The van der Waals surface area contributed by atoms with Crippen molar-refractivity contribution in [3.05, 3.63) is 33.8 Å².